The van der Waals surface area contributed by atoms with Crippen LogP contribution in [0.2, 0.25) is 0 Å². The minimum atomic E-state index is 0.229. The third-order valence-electron chi connectivity index (χ3n) is 2.25. The number of aryl methyl sites for hydroxylation is 1. The Labute approximate surface area is 105 Å². The second-order valence-electron chi connectivity index (χ2n) is 3.63. The Morgan fingerprint density at radius 1 is 1.24 bits per heavy atom. The molecule has 1 aromatic carbocycles. The van der Waals surface area contributed by atoms with E-state index in [4.69, 9.17) is 22.7 Å². The number of ether oxygens (including phenoxy) is 1. The number of nitrogens with two attached hydrogens (primary N) is 1. The van der Waals surface area contributed by atoms with Crippen molar-refractivity contribution in [1.82, 2.24) is 4.98 Å². The van der Waals surface area contributed by atoms with Crippen LogP contribution < -0.4 is 10.5 Å². The van der Waals surface area contributed by atoms with Gasteiger partial charge in [0.25, 0.3) is 0 Å². The van der Waals surface area contributed by atoms with E-state index in [0.29, 0.717) is 11.4 Å². The summed E-state index contributed by atoms with van der Waals surface area (Å²) < 4.78 is 5.70. The molecular formula is C13H12N2OS. The van der Waals surface area contributed by atoms with Crippen molar-refractivity contribution in [3.63, 3.8) is 0 Å². The van der Waals surface area contributed by atoms with Crippen LogP contribution in [0, 0.1) is 6.92 Å². The Hall–Kier alpha value is -1.94. The van der Waals surface area contributed by atoms with Crippen LogP contribution in [-0.2, 0) is 0 Å². The Balaban J connectivity index is 2.30. The fourth-order valence-electron chi connectivity index (χ4n) is 1.39. The van der Waals surface area contributed by atoms with Gasteiger partial charge in [0.15, 0.2) is 5.75 Å². The number of hydrogen-bond acceptors (Lipinski definition) is 3. The van der Waals surface area contributed by atoms with Crippen LogP contribution in [0.25, 0.3) is 0 Å². The summed E-state index contributed by atoms with van der Waals surface area (Å²) in [6, 6.07) is 11.3. The van der Waals surface area contributed by atoms with Gasteiger partial charge in [-0.15, -0.1) is 0 Å². The van der Waals surface area contributed by atoms with Crippen LogP contribution in [0.4, 0.5) is 0 Å². The van der Waals surface area contributed by atoms with Gasteiger partial charge < -0.3 is 10.5 Å². The standard InChI is InChI=1S/C13H12N2OS/c1-9-4-6-10(7-5-9)16-11-3-2-8-15-12(11)13(14)17/h2-8H,1H3,(H2,14,17). The summed E-state index contributed by atoms with van der Waals surface area (Å²) in [5.41, 5.74) is 7.26. The van der Waals surface area contributed by atoms with Gasteiger partial charge in [0.1, 0.15) is 16.4 Å². The molecule has 2 N–H and O–H groups in total. The number of pyridine rings is 1. The third-order valence-corrected chi connectivity index (χ3v) is 2.45. The smallest absolute Gasteiger partial charge is 0.156 e. The number of rotatable bonds is 3. The molecule has 0 spiro atoms. The molecule has 86 valence electrons. The molecular weight excluding hydrogens is 232 g/mol. The highest BCUT2D eigenvalue weighted by atomic mass is 32.1. The van der Waals surface area contributed by atoms with Crippen molar-refractivity contribution >= 4 is 17.2 Å². The predicted octanol–water partition coefficient (Wildman–Crippen LogP) is 2.82. The molecule has 0 aliphatic carbocycles. The number of hydrogen-bond donors (Lipinski definition) is 1. The van der Waals surface area contributed by atoms with Crippen molar-refractivity contribution < 1.29 is 4.74 Å². The van der Waals surface area contributed by atoms with Crippen molar-refractivity contribution in [3.05, 3.63) is 53.9 Å². The van der Waals surface area contributed by atoms with Crippen molar-refractivity contribution in [1.29, 1.82) is 0 Å². The normalized spacial score (nSPS) is 9.94. The predicted molar refractivity (Wildman–Crippen MR) is 71.4 cm³/mol. The van der Waals surface area contributed by atoms with Crippen LogP contribution in [0.1, 0.15) is 11.3 Å². The first-order valence-corrected chi connectivity index (χ1v) is 5.57. The zero-order valence-electron chi connectivity index (χ0n) is 9.38. The fourth-order valence-corrected chi connectivity index (χ4v) is 1.54. The molecule has 0 amide bonds. The van der Waals surface area contributed by atoms with Gasteiger partial charge in [-0.3, -0.25) is 0 Å². The lowest BCUT2D eigenvalue weighted by Gasteiger charge is -2.09. The molecule has 0 unspecified atom stereocenters. The molecule has 0 atom stereocenters. The first-order valence-electron chi connectivity index (χ1n) is 5.16. The number of aromatic nitrogens is 1. The van der Waals surface area contributed by atoms with E-state index in [1.54, 1.807) is 18.3 Å². The van der Waals surface area contributed by atoms with Crippen LogP contribution in [0.3, 0.4) is 0 Å². The van der Waals surface area contributed by atoms with E-state index in [1.807, 2.05) is 31.2 Å². The van der Waals surface area contributed by atoms with E-state index in [-0.39, 0.29) is 4.99 Å². The maximum Gasteiger partial charge on any atom is 0.156 e. The zero-order chi connectivity index (χ0) is 12.3. The first-order chi connectivity index (χ1) is 8.16. The van der Waals surface area contributed by atoms with Gasteiger partial charge in [-0.2, -0.15) is 0 Å². The summed E-state index contributed by atoms with van der Waals surface area (Å²) >= 11 is 4.92. The van der Waals surface area contributed by atoms with Gasteiger partial charge in [0.2, 0.25) is 0 Å². The molecule has 0 saturated carbocycles. The van der Waals surface area contributed by atoms with Gasteiger partial charge >= 0.3 is 0 Å². The number of benzene rings is 1. The minimum absolute atomic E-state index is 0.229. The van der Waals surface area contributed by atoms with Gasteiger partial charge in [-0.25, -0.2) is 4.98 Å². The van der Waals surface area contributed by atoms with Gasteiger partial charge in [0.05, 0.1) is 0 Å². The molecule has 2 rings (SSSR count). The first kappa shape index (κ1) is 11.5. The van der Waals surface area contributed by atoms with Crippen molar-refractivity contribution in [2.24, 2.45) is 5.73 Å². The Morgan fingerprint density at radius 3 is 2.59 bits per heavy atom. The lowest BCUT2D eigenvalue weighted by atomic mass is 10.2. The average Bonchev–Trinajstić information content (AvgIpc) is 2.32. The maximum atomic E-state index is 5.70. The molecule has 0 saturated heterocycles. The van der Waals surface area contributed by atoms with E-state index in [9.17, 15) is 0 Å². The number of thiocarbonyl (C=S) groups is 1. The lowest BCUT2D eigenvalue weighted by Crippen LogP contribution is -2.12. The maximum absolute atomic E-state index is 5.70. The molecule has 3 nitrogen and oxygen atoms in total. The van der Waals surface area contributed by atoms with Gasteiger partial charge in [-0.1, -0.05) is 29.9 Å². The molecule has 0 aliphatic heterocycles. The minimum Gasteiger partial charge on any atom is -0.455 e. The molecule has 0 fully saturated rings. The molecule has 4 heteroatoms. The summed E-state index contributed by atoms with van der Waals surface area (Å²) in [5, 5.41) is 0. The molecule has 0 radical (unpaired) electrons. The van der Waals surface area contributed by atoms with E-state index in [1.165, 1.54) is 5.56 Å². The molecule has 0 bridgehead atoms. The summed E-state index contributed by atoms with van der Waals surface area (Å²) in [6.45, 7) is 2.02. The highest BCUT2D eigenvalue weighted by Gasteiger charge is 2.07. The van der Waals surface area contributed by atoms with Crippen molar-refractivity contribution in [3.8, 4) is 11.5 Å². The monoisotopic (exact) mass is 244 g/mol. The Bertz CT molecular complexity index is 537. The molecule has 0 aliphatic rings. The summed E-state index contributed by atoms with van der Waals surface area (Å²) in [4.78, 5) is 4.33. The summed E-state index contributed by atoms with van der Waals surface area (Å²) in [7, 11) is 0. The summed E-state index contributed by atoms with van der Waals surface area (Å²) in [5.74, 6) is 1.31. The molecule has 1 aromatic heterocycles. The second-order valence-corrected chi connectivity index (χ2v) is 4.07. The van der Waals surface area contributed by atoms with Crippen LogP contribution >= 0.6 is 12.2 Å². The van der Waals surface area contributed by atoms with E-state index < -0.39 is 0 Å². The van der Waals surface area contributed by atoms with Crippen LogP contribution in [0.5, 0.6) is 11.5 Å². The fraction of sp³-hybridized carbons (Fsp3) is 0.0769. The largest absolute Gasteiger partial charge is 0.455 e. The van der Waals surface area contributed by atoms with Crippen molar-refractivity contribution in [2.75, 3.05) is 0 Å². The topological polar surface area (TPSA) is 48.1 Å². The van der Waals surface area contributed by atoms with E-state index >= 15 is 0 Å². The van der Waals surface area contributed by atoms with E-state index in [2.05, 4.69) is 4.98 Å². The van der Waals surface area contributed by atoms with E-state index in [0.717, 1.165) is 5.75 Å². The quantitative estimate of drug-likeness (QED) is 0.843. The lowest BCUT2D eigenvalue weighted by molar-refractivity contribution is 0.479. The average molecular weight is 244 g/mol. The SMILES string of the molecule is Cc1ccc(Oc2cccnc2C(N)=S)cc1. The van der Waals surface area contributed by atoms with Gasteiger partial charge in [0, 0.05) is 6.20 Å². The van der Waals surface area contributed by atoms with Gasteiger partial charge in [-0.05, 0) is 31.2 Å². The highest BCUT2D eigenvalue weighted by Crippen LogP contribution is 2.23. The Kier molecular flexibility index (Phi) is 3.35. The van der Waals surface area contributed by atoms with Crippen molar-refractivity contribution in [2.45, 2.75) is 6.92 Å². The Morgan fingerprint density at radius 2 is 1.94 bits per heavy atom. The zero-order valence-corrected chi connectivity index (χ0v) is 10.2. The van der Waals surface area contributed by atoms with Crippen LogP contribution in [0.15, 0.2) is 42.6 Å². The number of nitrogens with zero attached hydrogens (tertiary/aromatic N) is 1. The van der Waals surface area contributed by atoms with Crippen LogP contribution in [-0.4, -0.2) is 9.97 Å². The molecule has 17 heavy (non-hydrogen) atoms. The molecule has 2 aromatic rings. The molecule has 1 heterocycles. The second kappa shape index (κ2) is 4.93. The third kappa shape index (κ3) is 2.79. The highest BCUT2D eigenvalue weighted by molar-refractivity contribution is 7.80. The summed E-state index contributed by atoms with van der Waals surface area (Å²) in [6.07, 6.45) is 1.64.